The van der Waals surface area contributed by atoms with Crippen molar-refractivity contribution in [3.05, 3.63) is 22.8 Å². The van der Waals surface area contributed by atoms with Gasteiger partial charge in [0, 0.05) is 0 Å². The van der Waals surface area contributed by atoms with E-state index in [9.17, 15) is 0 Å². The van der Waals surface area contributed by atoms with Gasteiger partial charge in [0.05, 0.1) is 0 Å². The van der Waals surface area contributed by atoms with E-state index >= 15 is 0 Å². The van der Waals surface area contributed by atoms with Crippen LogP contribution in [-0.4, -0.2) is 0 Å². The molecule has 0 heterocycles. The lowest BCUT2D eigenvalue weighted by atomic mass is 9.86. The average molecular weight is 525 g/mol. The largest absolute Gasteiger partial charge is 0.0853 e. The first-order valence-corrected chi connectivity index (χ1v) is 16.9. The van der Waals surface area contributed by atoms with Crippen molar-refractivity contribution >= 4 is 0 Å². The van der Waals surface area contributed by atoms with Gasteiger partial charge < -0.3 is 0 Å². The molecule has 2 unspecified atom stereocenters. The molecule has 0 amide bonds. The molecule has 0 spiro atoms. The molecule has 228 valence electrons. The van der Waals surface area contributed by atoms with Crippen LogP contribution in [0.4, 0.5) is 0 Å². The minimum atomic E-state index is 0.512. The molecule has 0 saturated carbocycles. The van der Waals surface area contributed by atoms with Gasteiger partial charge in [-0.05, 0) is 76.0 Å². The lowest BCUT2D eigenvalue weighted by Gasteiger charge is -2.20. The second-order valence-corrected chi connectivity index (χ2v) is 11.3. The summed E-state index contributed by atoms with van der Waals surface area (Å²) in [5.74, 6) is 1.79. The molecule has 0 heteroatoms. The number of rotatable bonds is 10. The molecule has 0 aromatic carbocycles. The van der Waals surface area contributed by atoms with Crippen molar-refractivity contribution in [2.24, 2.45) is 17.3 Å². The minimum absolute atomic E-state index is 0.512. The van der Waals surface area contributed by atoms with E-state index < -0.39 is 0 Å². The van der Waals surface area contributed by atoms with Gasteiger partial charge in [-0.25, -0.2) is 0 Å². The Hall–Kier alpha value is -0.520. The van der Waals surface area contributed by atoms with E-state index in [0.717, 1.165) is 11.8 Å². The van der Waals surface area contributed by atoms with Gasteiger partial charge in [-0.1, -0.05) is 165 Å². The number of unbranched alkanes of at least 4 members (excludes halogenated alkanes) is 2. The summed E-state index contributed by atoms with van der Waals surface area (Å²) in [4.78, 5) is 0. The molecule has 0 fully saturated rings. The van der Waals surface area contributed by atoms with Crippen LogP contribution in [0.5, 0.6) is 0 Å². The van der Waals surface area contributed by atoms with Crippen LogP contribution >= 0.6 is 0 Å². The maximum atomic E-state index is 2.44. The lowest BCUT2D eigenvalue weighted by molar-refractivity contribution is 0.354. The predicted octanol–water partition coefficient (Wildman–Crippen LogP) is 14.8. The monoisotopic (exact) mass is 525 g/mol. The van der Waals surface area contributed by atoms with Gasteiger partial charge in [-0.15, -0.1) is 0 Å². The highest BCUT2D eigenvalue weighted by Crippen LogP contribution is 2.28. The average Bonchev–Trinajstić information content (AvgIpc) is 2.90. The van der Waals surface area contributed by atoms with Crippen molar-refractivity contribution in [2.45, 2.75) is 201 Å². The third kappa shape index (κ3) is 35.5. The molecule has 37 heavy (non-hydrogen) atoms. The Labute approximate surface area is 241 Å². The van der Waals surface area contributed by atoms with Crippen LogP contribution in [0.15, 0.2) is 22.8 Å². The smallest absolute Gasteiger partial charge is 0.0229 e. The second-order valence-electron chi connectivity index (χ2n) is 11.3. The molecular weight excluding hydrogens is 444 g/mol. The van der Waals surface area contributed by atoms with Crippen LogP contribution in [0.25, 0.3) is 0 Å². The fraction of sp³-hybridized carbons (Fsp3) is 0.892. The molecule has 0 radical (unpaired) electrons. The Kier molecular flexibility index (Phi) is 44.4. The van der Waals surface area contributed by atoms with Crippen molar-refractivity contribution in [3.8, 4) is 0 Å². The van der Waals surface area contributed by atoms with Crippen LogP contribution in [0.3, 0.4) is 0 Å². The third-order valence-corrected chi connectivity index (χ3v) is 6.58. The zero-order valence-electron chi connectivity index (χ0n) is 29.9. The zero-order chi connectivity index (χ0) is 30.3. The van der Waals surface area contributed by atoms with Crippen LogP contribution in [0.1, 0.15) is 201 Å². The predicted molar refractivity (Wildman–Crippen MR) is 181 cm³/mol. The van der Waals surface area contributed by atoms with E-state index in [1.54, 1.807) is 16.7 Å². The first-order chi connectivity index (χ1) is 17.6. The standard InChI is InChI=1S/C19H38.C9H16.C3H8.3C2H6/c1-8-13-18(16(3)9-2)17(4)14-11-10-12-15-19(5,6)7;1-3-9-6-4-8(2)5-7-9;1-3-2;3*1-2/h17H,8-15H2,1-7H3;4,9H,3,5-7H2,1-2H3;3H2,1-2H3;3*1-2H3/b18-16-;;;;;. The molecule has 0 aromatic rings. The highest BCUT2D eigenvalue weighted by Gasteiger charge is 2.12. The summed E-state index contributed by atoms with van der Waals surface area (Å²) in [5.41, 5.74) is 5.50. The summed E-state index contributed by atoms with van der Waals surface area (Å²) < 4.78 is 0. The van der Waals surface area contributed by atoms with E-state index in [4.69, 9.17) is 0 Å². The maximum Gasteiger partial charge on any atom is -0.0229 e. The van der Waals surface area contributed by atoms with Crippen molar-refractivity contribution in [3.63, 3.8) is 0 Å². The third-order valence-electron chi connectivity index (χ3n) is 6.58. The first-order valence-electron chi connectivity index (χ1n) is 16.9. The van der Waals surface area contributed by atoms with Crippen LogP contribution < -0.4 is 0 Å². The summed E-state index contributed by atoms with van der Waals surface area (Å²) in [6, 6.07) is 0. The Morgan fingerprint density at radius 3 is 1.76 bits per heavy atom. The molecule has 0 aliphatic heterocycles. The van der Waals surface area contributed by atoms with Gasteiger partial charge in [-0.3, -0.25) is 0 Å². The summed E-state index contributed by atoms with van der Waals surface area (Å²) in [6.45, 7) is 37.2. The number of hydrogen-bond donors (Lipinski definition) is 0. The van der Waals surface area contributed by atoms with Gasteiger partial charge in [-0.2, -0.15) is 0 Å². The molecule has 1 rings (SSSR count). The molecule has 1 aliphatic rings. The molecule has 0 aromatic heterocycles. The molecule has 0 nitrogen and oxygen atoms in total. The van der Waals surface area contributed by atoms with E-state index in [1.165, 1.54) is 83.5 Å². The van der Waals surface area contributed by atoms with E-state index in [-0.39, 0.29) is 0 Å². The normalized spacial score (nSPS) is 15.6. The molecule has 0 saturated heterocycles. The van der Waals surface area contributed by atoms with Gasteiger partial charge in [0.15, 0.2) is 0 Å². The topological polar surface area (TPSA) is 0 Å². The molecule has 2 atom stereocenters. The SMILES string of the molecule is CC.CC.CC.CCC.CCC/C(=C(\C)CC)C(C)CCCCCC(C)(C)C.CCC1CC=C(C)CC1. The highest BCUT2D eigenvalue weighted by atomic mass is 14.2. The van der Waals surface area contributed by atoms with Crippen molar-refractivity contribution in [1.29, 1.82) is 0 Å². The summed E-state index contributed by atoms with van der Waals surface area (Å²) >= 11 is 0. The van der Waals surface area contributed by atoms with Crippen LogP contribution in [0, 0.1) is 17.3 Å². The van der Waals surface area contributed by atoms with Crippen LogP contribution in [0.2, 0.25) is 0 Å². The molecular formula is C37H80. The van der Waals surface area contributed by atoms with Gasteiger partial charge in [0.2, 0.25) is 0 Å². The van der Waals surface area contributed by atoms with E-state index in [2.05, 4.69) is 82.2 Å². The minimum Gasteiger partial charge on any atom is -0.0853 e. The van der Waals surface area contributed by atoms with Crippen molar-refractivity contribution in [1.82, 2.24) is 0 Å². The van der Waals surface area contributed by atoms with Crippen molar-refractivity contribution < 1.29 is 0 Å². The first kappa shape index (κ1) is 46.3. The van der Waals surface area contributed by atoms with E-state index in [0.29, 0.717) is 5.41 Å². The summed E-state index contributed by atoms with van der Waals surface area (Å²) in [7, 11) is 0. The van der Waals surface area contributed by atoms with Gasteiger partial charge in [0.1, 0.15) is 0 Å². The maximum absolute atomic E-state index is 2.44. The van der Waals surface area contributed by atoms with Crippen LogP contribution in [-0.2, 0) is 0 Å². The molecule has 1 aliphatic carbocycles. The fourth-order valence-electron chi connectivity index (χ4n) is 4.22. The second kappa shape index (κ2) is 35.5. The van der Waals surface area contributed by atoms with Crippen molar-refractivity contribution in [2.75, 3.05) is 0 Å². The Morgan fingerprint density at radius 1 is 0.892 bits per heavy atom. The summed E-state index contributed by atoms with van der Waals surface area (Å²) in [5, 5.41) is 0. The molecule has 0 bridgehead atoms. The quantitative estimate of drug-likeness (QED) is 0.197. The Balaban J connectivity index is -0.000000156. The fourth-order valence-corrected chi connectivity index (χ4v) is 4.22. The number of allylic oxidation sites excluding steroid dienone is 4. The van der Waals surface area contributed by atoms with E-state index in [1.807, 2.05) is 41.5 Å². The Morgan fingerprint density at radius 2 is 1.41 bits per heavy atom. The Bertz CT molecular complexity index is 457. The highest BCUT2D eigenvalue weighted by molar-refractivity contribution is 5.14. The van der Waals surface area contributed by atoms with Gasteiger partial charge >= 0.3 is 0 Å². The summed E-state index contributed by atoms with van der Waals surface area (Å²) in [6.07, 6.45) is 19.9. The van der Waals surface area contributed by atoms with Gasteiger partial charge in [0.25, 0.3) is 0 Å². The lowest BCUT2D eigenvalue weighted by Crippen LogP contribution is -2.05. The molecule has 0 N–H and O–H groups in total. The number of hydrogen-bond acceptors (Lipinski definition) is 0. The zero-order valence-corrected chi connectivity index (χ0v) is 29.9.